The average Bonchev–Trinajstić information content (AvgIpc) is 2.69. The minimum absolute atomic E-state index is 0.0605. The molecule has 0 aliphatic carbocycles. The van der Waals surface area contributed by atoms with E-state index in [-0.39, 0.29) is 11.5 Å². The number of phenols is 1. The van der Waals surface area contributed by atoms with Crippen LogP contribution in [0.5, 0.6) is 5.75 Å². The molecule has 2 aromatic carbocycles. The first-order valence-corrected chi connectivity index (χ1v) is 11.0. The molecule has 0 unspecified atom stereocenters. The van der Waals surface area contributed by atoms with Crippen molar-refractivity contribution < 1.29 is 9.90 Å². The summed E-state index contributed by atoms with van der Waals surface area (Å²) in [4.78, 5) is 12.4. The largest absolute Gasteiger partial charge is 0.507 e. The molecule has 0 spiro atoms. The fourth-order valence-corrected chi connectivity index (χ4v) is 3.74. The molecule has 27 heavy (non-hydrogen) atoms. The molecule has 0 heterocycles. The van der Waals surface area contributed by atoms with Crippen molar-refractivity contribution in [2.75, 3.05) is 0 Å². The van der Waals surface area contributed by atoms with Crippen molar-refractivity contribution in [1.29, 1.82) is 0 Å². The van der Waals surface area contributed by atoms with Crippen molar-refractivity contribution in [1.82, 2.24) is 0 Å². The predicted molar refractivity (Wildman–Crippen MR) is 116 cm³/mol. The molecule has 2 rings (SSSR count). The van der Waals surface area contributed by atoms with Crippen LogP contribution < -0.4 is 0 Å². The lowest BCUT2D eigenvalue weighted by atomic mass is 9.99. The zero-order valence-corrected chi connectivity index (χ0v) is 17.0. The SMILES string of the molecule is CCCCCCCCCCCCCCC(=O)c1ccc2ccccc2c1O. The van der Waals surface area contributed by atoms with Gasteiger partial charge in [0.25, 0.3) is 0 Å². The lowest BCUT2D eigenvalue weighted by Crippen LogP contribution is -1.99. The molecule has 0 bridgehead atoms. The normalized spacial score (nSPS) is 11.1. The van der Waals surface area contributed by atoms with E-state index < -0.39 is 0 Å². The van der Waals surface area contributed by atoms with Crippen LogP contribution in [0.3, 0.4) is 0 Å². The van der Waals surface area contributed by atoms with Gasteiger partial charge in [-0.2, -0.15) is 0 Å². The summed E-state index contributed by atoms with van der Waals surface area (Å²) < 4.78 is 0. The Kier molecular flexibility index (Phi) is 9.97. The summed E-state index contributed by atoms with van der Waals surface area (Å²) in [6.45, 7) is 2.26. The Morgan fingerprint density at radius 1 is 0.741 bits per heavy atom. The molecule has 0 aromatic heterocycles. The number of unbranched alkanes of at least 4 members (excludes halogenated alkanes) is 11. The molecule has 148 valence electrons. The van der Waals surface area contributed by atoms with Crippen LogP contribution in [0, 0.1) is 0 Å². The number of Topliss-reactive ketones (excluding diaryl/α,β-unsaturated/α-hetero) is 1. The highest BCUT2D eigenvalue weighted by Gasteiger charge is 2.13. The van der Waals surface area contributed by atoms with Gasteiger partial charge in [0.1, 0.15) is 5.75 Å². The van der Waals surface area contributed by atoms with Crippen molar-refractivity contribution in [2.45, 2.75) is 90.4 Å². The third-order valence-electron chi connectivity index (χ3n) is 5.46. The Morgan fingerprint density at radius 2 is 1.30 bits per heavy atom. The predicted octanol–water partition coefficient (Wildman–Crippen LogP) is 7.82. The van der Waals surface area contributed by atoms with Gasteiger partial charge < -0.3 is 5.11 Å². The third kappa shape index (κ3) is 7.36. The summed E-state index contributed by atoms with van der Waals surface area (Å²) >= 11 is 0. The first kappa shape index (κ1) is 21.5. The van der Waals surface area contributed by atoms with Gasteiger partial charge in [0.15, 0.2) is 5.78 Å². The van der Waals surface area contributed by atoms with Crippen LogP contribution in [0.25, 0.3) is 10.8 Å². The zero-order valence-electron chi connectivity index (χ0n) is 17.0. The second-order valence-corrected chi connectivity index (χ2v) is 7.75. The minimum Gasteiger partial charge on any atom is -0.507 e. The van der Waals surface area contributed by atoms with Gasteiger partial charge in [-0.25, -0.2) is 0 Å². The summed E-state index contributed by atoms with van der Waals surface area (Å²) in [6, 6.07) is 11.3. The van der Waals surface area contributed by atoms with Crippen molar-refractivity contribution in [3.05, 3.63) is 42.0 Å². The molecule has 2 heteroatoms. The number of rotatable bonds is 14. The Bertz CT molecular complexity index is 690. The van der Waals surface area contributed by atoms with Crippen molar-refractivity contribution in [3.8, 4) is 5.75 Å². The zero-order chi connectivity index (χ0) is 19.3. The minimum atomic E-state index is 0.0605. The number of hydrogen-bond acceptors (Lipinski definition) is 2. The van der Waals surface area contributed by atoms with Crippen LogP contribution in [0.15, 0.2) is 36.4 Å². The maximum atomic E-state index is 12.4. The van der Waals surface area contributed by atoms with Crippen LogP contribution in [-0.4, -0.2) is 10.9 Å². The first-order chi connectivity index (χ1) is 13.2. The molecular weight excluding hydrogens is 332 g/mol. The Morgan fingerprint density at radius 3 is 1.93 bits per heavy atom. The highest BCUT2D eigenvalue weighted by Crippen LogP contribution is 2.29. The van der Waals surface area contributed by atoms with E-state index in [1.165, 1.54) is 64.2 Å². The molecule has 0 aliphatic rings. The average molecular weight is 369 g/mol. The van der Waals surface area contributed by atoms with Crippen LogP contribution in [0.1, 0.15) is 101 Å². The number of carbonyl (C=O) groups excluding carboxylic acids is 1. The number of aromatic hydroxyl groups is 1. The number of benzene rings is 2. The number of ketones is 1. The molecule has 0 saturated heterocycles. The summed E-state index contributed by atoms with van der Waals surface area (Å²) in [5.41, 5.74) is 0.469. The molecule has 2 nitrogen and oxygen atoms in total. The number of hydrogen-bond donors (Lipinski definition) is 1. The highest BCUT2D eigenvalue weighted by atomic mass is 16.3. The molecule has 2 aromatic rings. The van der Waals surface area contributed by atoms with E-state index in [0.29, 0.717) is 12.0 Å². The molecule has 1 N–H and O–H groups in total. The van der Waals surface area contributed by atoms with E-state index in [0.717, 1.165) is 23.6 Å². The van der Waals surface area contributed by atoms with E-state index in [1.807, 2.05) is 30.3 Å². The summed E-state index contributed by atoms with van der Waals surface area (Å²) in [5.74, 6) is 0.197. The second-order valence-electron chi connectivity index (χ2n) is 7.75. The Labute approximate surface area is 165 Å². The smallest absolute Gasteiger partial charge is 0.166 e. The summed E-state index contributed by atoms with van der Waals surface area (Å²) in [7, 11) is 0. The molecule has 0 atom stereocenters. The van der Waals surface area contributed by atoms with E-state index in [1.54, 1.807) is 6.07 Å². The third-order valence-corrected chi connectivity index (χ3v) is 5.46. The number of phenolic OH excluding ortho intramolecular Hbond substituents is 1. The van der Waals surface area contributed by atoms with Gasteiger partial charge >= 0.3 is 0 Å². The van der Waals surface area contributed by atoms with Gasteiger partial charge in [0.05, 0.1) is 5.56 Å². The monoisotopic (exact) mass is 368 g/mol. The van der Waals surface area contributed by atoms with Gasteiger partial charge in [-0.1, -0.05) is 108 Å². The summed E-state index contributed by atoms with van der Waals surface area (Å²) in [5, 5.41) is 12.1. The lowest BCUT2D eigenvalue weighted by Gasteiger charge is -2.07. The van der Waals surface area contributed by atoms with Gasteiger partial charge in [-0.3, -0.25) is 4.79 Å². The fourth-order valence-electron chi connectivity index (χ4n) is 3.74. The van der Waals surface area contributed by atoms with Gasteiger partial charge in [0.2, 0.25) is 0 Å². The highest BCUT2D eigenvalue weighted by molar-refractivity contribution is 6.04. The fraction of sp³-hybridized carbons (Fsp3) is 0.560. The summed E-state index contributed by atoms with van der Waals surface area (Å²) in [6.07, 6.45) is 16.0. The van der Waals surface area contributed by atoms with E-state index in [4.69, 9.17) is 0 Å². The van der Waals surface area contributed by atoms with Crippen LogP contribution >= 0.6 is 0 Å². The number of fused-ring (bicyclic) bond motifs is 1. The quantitative estimate of drug-likeness (QED) is 0.272. The standard InChI is InChI=1S/C25H36O2/c1-2-3-4-5-6-7-8-9-10-11-12-13-18-24(26)23-20-19-21-16-14-15-17-22(21)25(23)27/h14-17,19-20,27H,2-13,18H2,1H3. The molecule has 0 fully saturated rings. The van der Waals surface area contributed by atoms with Gasteiger partial charge in [-0.05, 0) is 17.9 Å². The second kappa shape index (κ2) is 12.5. The topological polar surface area (TPSA) is 37.3 Å². The maximum absolute atomic E-state index is 12.4. The van der Waals surface area contributed by atoms with Crippen molar-refractivity contribution in [2.24, 2.45) is 0 Å². The van der Waals surface area contributed by atoms with E-state index in [2.05, 4.69) is 6.92 Å². The van der Waals surface area contributed by atoms with Crippen molar-refractivity contribution >= 4 is 16.6 Å². The van der Waals surface area contributed by atoms with Gasteiger partial charge in [0, 0.05) is 11.8 Å². The molecule has 0 radical (unpaired) electrons. The lowest BCUT2D eigenvalue weighted by molar-refractivity contribution is 0.0976. The van der Waals surface area contributed by atoms with Gasteiger partial charge in [-0.15, -0.1) is 0 Å². The Hall–Kier alpha value is -1.83. The van der Waals surface area contributed by atoms with E-state index in [9.17, 15) is 9.90 Å². The molecule has 0 aliphatic heterocycles. The molecule has 0 amide bonds. The van der Waals surface area contributed by atoms with Crippen molar-refractivity contribution in [3.63, 3.8) is 0 Å². The van der Waals surface area contributed by atoms with Crippen LogP contribution in [0.4, 0.5) is 0 Å². The number of carbonyl (C=O) groups is 1. The van der Waals surface area contributed by atoms with E-state index >= 15 is 0 Å². The molecule has 0 saturated carbocycles. The maximum Gasteiger partial charge on any atom is 0.166 e. The van der Waals surface area contributed by atoms with Crippen LogP contribution in [-0.2, 0) is 0 Å². The first-order valence-electron chi connectivity index (χ1n) is 11.0. The Balaban J connectivity index is 1.57. The molecular formula is C25H36O2. The van der Waals surface area contributed by atoms with Crippen LogP contribution in [0.2, 0.25) is 0 Å².